The predicted octanol–water partition coefficient (Wildman–Crippen LogP) is 4.26. The highest BCUT2D eigenvalue weighted by Crippen LogP contribution is 2.30. The Morgan fingerprint density at radius 3 is 2.73 bits per heavy atom. The Balaban J connectivity index is 1.97. The van der Waals surface area contributed by atoms with Crippen molar-refractivity contribution < 1.29 is 5.11 Å². The van der Waals surface area contributed by atoms with Gasteiger partial charge in [0.05, 0.1) is 11.0 Å². The van der Waals surface area contributed by atoms with Crippen molar-refractivity contribution in [2.24, 2.45) is 0 Å². The lowest BCUT2D eigenvalue weighted by Crippen LogP contribution is -2.06. The number of hydrogen-bond donors (Lipinski definition) is 2. The maximum atomic E-state index is 9.83. The third kappa shape index (κ3) is 2.86. The number of phenols is 1. The molecule has 0 amide bonds. The normalized spacial score (nSPS) is 11.4. The number of phenolic OH excluding ortho intramolecular Hbond substituents is 1. The summed E-state index contributed by atoms with van der Waals surface area (Å²) >= 11 is 0. The second-order valence-corrected chi connectivity index (χ2v) is 6.60. The smallest absolute Gasteiger partial charge is 0.152 e. The van der Waals surface area contributed by atoms with Gasteiger partial charge in [-0.05, 0) is 30.2 Å². The molecule has 5 nitrogen and oxygen atoms in total. The second kappa shape index (κ2) is 6.67. The molecule has 0 radical (unpaired) electrons. The van der Waals surface area contributed by atoms with E-state index in [0.717, 1.165) is 52.6 Å². The maximum Gasteiger partial charge on any atom is 0.152 e. The molecule has 0 saturated carbocycles. The first-order chi connectivity index (χ1) is 12.7. The van der Waals surface area contributed by atoms with E-state index >= 15 is 0 Å². The van der Waals surface area contributed by atoms with Crippen LogP contribution in [0.1, 0.15) is 31.2 Å². The van der Waals surface area contributed by atoms with Crippen molar-refractivity contribution >= 4 is 27.8 Å². The van der Waals surface area contributed by atoms with E-state index < -0.39 is 0 Å². The van der Waals surface area contributed by atoms with Crippen molar-refractivity contribution in [2.75, 3.05) is 5.73 Å². The number of aromatic nitrogens is 3. The summed E-state index contributed by atoms with van der Waals surface area (Å²) in [5, 5.41) is 10.9. The second-order valence-electron chi connectivity index (χ2n) is 6.60. The van der Waals surface area contributed by atoms with Crippen molar-refractivity contribution in [3.05, 3.63) is 59.9 Å². The number of imidazole rings is 1. The van der Waals surface area contributed by atoms with Crippen LogP contribution in [0.25, 0.3) is 21.9 Å². The number of aryl methyl sites for hydroxylation is 1. The molecule has 0 unspecified atom stereocenters. The number of fused-ring (bicyclic) bond motifs is 3. The minimum absolute atomic E-state index is 0.271. The van der Waals surface area contributed by atoms with Crippen molar-refractivity contribution in [3.8, 4) is 5.75 Å². The summed E-state index contributed by atoms with van der Waals surface area (Å²) < 4.78 is 2.22. The highest BCUT2D eigenvalue weighted by molar-refractivity contribution is 6.06. The number of aromatic hydroxyl groups is 1. The van der Waals surface area contributed by atoms with Crippen LogP contribution in [-0.2, 0) is 13.0 Å². The van der Waals surface area contributed by atoms with Crippen molar-refractivity contribution in [2.45, 2.75) is 32.7 Å². The number of nitrogens with zero attached hydrogens (tertiary/aromatic N) is 3. The molecule has 2 heterocycles. The molecule has 0 aliphatic carbocycles. The van der Waals surface area contributed by atoms with E-state index in [4.69, 9.17) is 10.7 Å². The van der Waals surface area contributed by atoms with Gasteiger partial charge in [-0.2, -0.15) is 0 Å². The molecule has 132 valence electrons. The topological polar surface area (TPSA) is 77.0 Å². The molecule has 0 atom stereocenters. The number of benzene rings is 2. The Morgan fingerprint density at radius 1 is 1.08 bits per heavy atom. The van der Waals surface area contributed by atoms with Crippen LogP contribution in [0.2, 0.25) is 0 Å². The van der Waals surface area contributed by atoms with Gasteiger partial charge in [0.1, 0.15) is 17.1 Å². The number of nitrogens with two attached hydrogens (primary N) is 1. The summed E-state index contributed by atoms with van der Waals surface area (Å²) in [6, 6.07) is 15.4. The fourth-order valence-corrected chi connectivity index (χ4v) is 3.44. The van der Waals surface area contributed by atoms with E-state index in [2.05, 4.69) is 22.5 Å². The molecule has 5 heteroatoms. The van der Waals surface area contributed by atoms with Crippen molar-refractivity contribution in [3.63, 3.8) is 0 Å². The minimum atomic E-state index is 0.271. The Morgan fingerprint density at radius 2 is 1.92 bits per heavy atom. The first kappa shape index (κ1) is 16.4. The Hall–Kier alpha value is -3.08. The Labute approximate surface area is 152 Å². The molecule has 0 aliphatic rings. The van der Waals surface area contributed by atoms with Gasteiger partial charge < -0.3 is 15.4 Å². The minimum Gasteiger partial charge on any atom is -0.508 e. The largest absolute Gasteiger partial charge is 0.508 e. The summed E-state index contributed by atoms with van der Waals surface area (Å²) in [7, 11) is 0. The summed E-state index contributed by atoms with van der Waals surface area (Å²) in [6.07, 6.45) is 3.05. The average molecular weight is 346 g/mol. The number of hydrogen-bond acceptors (Lipinski definition) is 4. The van der Waals surface area contributed by atoms with Gasteiger partial charge in [-0.1, -0.05) is 43.7 Å². The number of unbranched alkanes of at least 4 members (excludes halogenated alkanes) is 1. The van der Waals surface area contributed by atoms with Gasteiger partial charge in [0.15, 0.2) is 5.82 Å². The molecule has 2 aromatic carbocycles. The van der Waals surface area contributed by atoms with Gasteiger partial charge in [0.25, 0.3) is 0 Å². The number of pyridine rings is 1. The lowest BCUT2D eigenvalue weighted by atomic mass is 10.1. The molecular formula is C21H22N4O. The first-order valence-corrected chi connectivity index (χ1v) is 8.98. The van der Waals surface area contributed by atoms with Crippen LogP contribution < -0.4 is 5.73 Å². The Kier molecular flexibility index (Phi) is 4.21. The number of rotatable bonds is 5. The van der Waals surface area contributed by atoms with E-state index in [9.17, 15) is 5.11 Å². The molecule has 0 aliphatic heterocycles. The zero-order valence-corrected chi connectivity index (χ0v) is 14.8. The van der Waals surface area contributed by atoms with Crippen LogP contribution in [0.4, 0.5) is 5.82 Å². The van der Waals surface area contributed by atoms with E-state index in [-0.39, 0.29) is 5.75 Å². The third-order valence-electron chi connectivity index (χ3n) is 4.69. The van der Waals surface area contributed by atoms with Crippen LogP contribution in [0.5, 0.6) is 5.75 Å². The van der Waals surface area contributed by atoms with Crippen LogP contribution in [0, 0.1) is 0 Å². The van der Waals surface area contributed by atoms with Gasteiger partial charge >= 0.3 is 0 Å². The molecular weight excluding hydrogens is 324 g/mol. The first-order valence-electron chi connectivity index (χ1n) is 8.98. The summed E-state index contributed by atoms with van der Waals surface area (Å²) in [5.41, 5.74) is 9.90. The lowest BCUT2D eigenvalue weighted by molar-refractivity contribution is 0.474. The molecule has 3 N–H and O–H groups in total. The molecule has 0 bridgehead atoms. The molecule has 4 rings (SSSR count). The fraction of sp³-hybridized carbons (Fsp3) is 0.238. The lowest BCUT2D eigenvalue weighted by Gasteiger charge is -2.11. The van der Waals surface area contributed by atoms with Crippen LogP contribution in [-0.4, -0.2) is 19.6 Å². The zero-order valence-electron chi connectivity index (χ0n) is 14.8. The highest BCUT2D eigenvalue weighted by Gasteiger charge is 2.17. The standard InChI is InChI=1S/C21H22N4O/c1-2-3-11-18-24-19-20(16-9-4-5-10-17(16)23-21(19)22)25(18)13-14-7-6-8-15(26)12-14/h4-10,12,26H,2-3,11,13H2,1H3,(H2,22,23). The monoisotopic (exact) mass is 346 g/mol. The maximum absolute atomic E-state index is 9.83. The van der Waals surface area contributed by atoms with E-state index in [1.165, 1.54) is 0 Å². The van der Waals surface area contributed by atoms with Crippen LogP contribution in [0.15, 0.2) is 48.5 Å². The van der Waals surface area contributed by atoms with Gasteiger partial charge in [-0.15, -0.1) is 0 Å². The SMILES string of the molecule is CCCCc1nc2c(N)nc3ccccc3c2n1Cc1cccc(O)c1. The zero-order chi connectivity index (χ0) is 18.1. The van der Waals surface area contributed by atoms with Gasteiger partial charge in [-0.3, -0.25) is 0 Å². The van der Waals surface area contributed by atoms with Gasteiger partial charge in [0, 0.05) is 18.4 Å². The third-order valence-corrected chi connectivity index (χ3v) is 4.69. The van der Waals surface area contributed by atoms with Gasteiger partial charge in [-0.25, -0.2) is 9.97 Å². The van der Waals surface area contributed by atoms with Gasteiger partial charge in [0.2, 0.25) is 0 Å². The van der Waals surface area contributed by atoms with Crippen molar-refractivity contribution in [1.82, 2.24) is 14.5 Å². The average Bonchev–Trinajstić information content (AvgIpc) is 2.99. The van der Waals surface area contributed by atoms with Crippen molar-refractivity contribution in [1.29, 1.82) is 0 Å². The number of nitrogen functional groups attached to an aromatic ring is 1. The van der Waals surface area contributed by atoms with E-state index in [1.54, 1.807) is 12.1 Å². The molecule has 4 aromatic rings. The molecule has 0 spiro atoms. The van der Waals surface area contributed by atoms with E-state index in [1.807, 2.05) is 30.3 Å². The summed E-state index contributed by atoms with van der Waals surface area (Å²) in [4.78, 5) is 9.35. The predicted molar refractivity (Wildman–Crippen MR) is 105 cm³/mol. The van der Waals surface area contributed by atoms with E-state index in [0.29, 0.717) is 12.4 Å². The molecule has 2 aromatic heterocycles. The van der Waals surface area contributed by atoms with Crippen LogP contribution >= 0.6 is 0 Å². The molecule has 0 saturated heterocycles. The quantitative estimate of drug-likeness (QED) is 0.566. The molecule has 26 heavy (non-hydrogen) atoms. The number of para-hydroxylation sites is 1. The molecule has 0 fully saturated rings. The number of anilines is 1. The Bertz CT molecular complexity index is 1080. The fourth-order valence-electron chi connectivity index (χ4n) is 3.44. The summed E-state index contributed by atoms with van der Waals surface area (Å²) in [5.74, 6) is 1.74. The summed E-state index contributed by atoms with van der Waals surface area (Å²) in [6.45, 7) is 2.81. The highest BCUT2D eigenvalue weighted by atomic mass is 16.3. The van der Waals surface area contributed by atoms with Crippen LogP contribution in [0.3, 0.4) is 0 Å².